The summed E-state index contributed by atoms with van der Waals surface area (Å²) in [6.45, 7) is 4.71. The van der Waals surface area contributed by atoms with Crippen LogP contribution in [0.2, 0.25) is 0 Å². The van der Waals surface area contributed by atoms with Gasteiger partial charge in [0.25, 0.3) is 0 Å². The molecular weight excluding hydrogens is 689 g/mol. The molecule has 0 aliphatic heterocycles. The van der Waals surface area contributed by atoms with Crippen LogP contribution < -0.4 is 9.80 Å². The van der Waals surface area contributed by atoms with E-state index >= 15 is 0 Å². The summed E-state index contributed by atoms with van der Waals surface area (Å²) < 4.78 is 0. The molecule has 2 nitrogen and oxygen atoms in total. The molecule has 0 unspecified atom stereocenters. The summed E-state index contributed by atoms with van der Waals surface area (Å²) in [5.41, 5.74) is 16.5. The van der Waals surface area contributed by atoms with Gasteiger partial charge in [-0.2, -0.15) is 0 Å². The lowest BCUT2D eigenvalue weighted by Gasteiger charge is -2.31. The summed E-state index contributed by atoms with van der Waals surface area (Å²) in [4.78, 5) is 4.81. The van der Waals surface area contributed by atoms with Crippen LogP contribution in [-0.4, -0.2) is 0 Å². The molecule has 9 aromatic rings. The number of rotatable bonds is 8. The summed E-state index contributed by atoms with van der Waals surface area (Å²) in [7, 11) is 0. The van der Waals surface area contributed by atoms with Crippen molar-refractivity contribution in [2.75, 3.05) is 9.80 Å². The molecule has 0 amide bonds. The van der Waals surface area contributed by atoms with Gasteiger partial charge in [-0.15, -0.1) is 0 Å². The van der Waals surface area contributed by atoms with Crippen LogP contribution in [0.15, 0.2) is 218 Å². The second-order valence-electron chi connectivity index (χ2n) is 15.4. The topological polar surface area (TPSA) is 6.48 Å². The van der Waals surface area contributed by atoms with Crippen molar-refractivity contribution in [3.8, 4) is 33.4 Å². The minimum atomic E-state index is -0.135. The Kier molecular flexibility index (Phi) is 8.53. The van der Waals surface area contributed by atoms with E-state index in [2.05, 4.69) is 242 Å². The third-order valence-corrected chi connectivity index (χ3v) is 11.6. The lowest BCUT2D eigenvalue weighted by atomic mass is 9.82. The van der Waals surface area contributed by atoms with Crippen molar-refractivity contribution in [2.45, 2.75) is 19.3 Å². The molecule has 9 aromatic carbocycles. The number of benzene rings is 9. The van der Waals surface area contributed by atoms with Gasteiger partial charge in [0.2, 0.25) is 0 Å². The lowest BCUT2D eigenvalue weighted by Crippen LogP contribution is -2.17. The highest BCUT2D eigenvalue weighted by Gasteiger charge is 2.36. The zero-order chi connectivity index (χ0) is 38.3. The SMILES string of the molecule is CC1(C)c2ccccc2-c2ccc(N(c3ccccc3)c3cc(-c4ccc5ccccc5c4-c4ccccc4)cc(N(c4ccccc4)c4ccccc4)c3)cc21. The third kappa shape index (κ3) is 6.07. The van der Waals surface area contributed by atoms with Crippen LogP contribution in [0.3, 0.4) is 0 Å². The third-order valence-electron chi connectivity index (χ3n) is 11.6. The first kappa shape index (κ1) is 34.3. The molecule has 57 heavy (non-hydrogen) atoms. The molecule has 0 radical (unpaired) electrons. The smallest absolute Gasteiger partial charge is 0.0488 e. The van der Waals surface area contributed by atoms with Crippen molar-refractivity contribution in [3.05, 3.63) is 230 Å². The number of hydrogen-bond donors (Lipinski definition) is 0. The van der Waals surface area contributed by atoms with Gasteiger partial charge in [-0.3, -0.25) is 0 Å². The number of nitrogens with zero attached hydrogens (tertiary/aromatic N) is 2. The van der Waals surface area contributed by atoms with Crippen molar-refractivity contribution in [1.29, 1.82) is 0 Å². The fourth-order valence-electron chi connectivity index (χ4n) is 8.89. The van der Waals surface area contributed by atoms with Crippen LogP contribution in [0.25, 0.3) is 44.2 Å². The Morgan fingerprint density at radius 2 is 0.807 bits per heavy atom. The Hall–Kier alpha value is -7.16. The minimum absolute atomic E-state index is 0.135. The van der Waals surface area contributed by atoms with Gasteiger partial charge in [0.15, 0.2) is 0 Å². The normalized spacial score (nSPS) is 12.5. The van der Waals surface area contributed by atoms with Gasteiger partial charge in [-0.1, -0.05) is 166 Å². The van der Waals surface area contributed by atoms with Gasteiger partial charge in [0, 0.05) is 39.5 Å². The van der Waals surface area contributed by atoms with Gasteiger partial charge in [-0.05, 0) is 122 Å². The zero-order valence-electron chi connectivity index (χ0n) is 32.2. The number of fused-ring (bicyclic) bond motifs is 4. The summed E-state index contributed by atoms with van der Waals surface area (Å²) in [5.74, 6) is 0. The van der Waals surface area contributed by atoms with E-state index in [-0.39, 0.29) is 5.41 Å². The summed E-state index contributed by atoms with van der Waals surface area (Å²) in [5, 5.41) is 2.45. The lowest BCUT2D eigenvalue weighted by molar-refractivity contribution is 0.660. The quantitative estimate of drug-likeness (QED) is 0.154. The number of anilines is 6. The highest BCUT2D eigenvalue weighted by molar-refractivity contribution is 6.05. The molecule has 0 aromatic heterocycles. The monoisotopic (exact) mass is 730 g/mol. The molecule has 1 aliphatic carbocycles. The Labute approximate surface area is 335 Å². The average Bonchev–Trinajstić information content (AvgIpc) is 3.50. The van der Waals surface area contributed by atoms with Gasteiger partial charge < -0.3 is 9.80 Å². The van der Waals surface area contributed by atoms with E-state index in [0.29, 0.717) is 0 Å². The Morgan fingerprint density at radius 3 is 1.44 bits per heavy atom. The van der Waals surface area contributed by atoms with Crippen molar-refractivity contribution in [2.24, 2.45) is 0 Å². The van der Waals surface area contributed by atoms with Crippen LogP contribution >= 0.6 is 0 Å². The van der Waals surface area contributed by atoms with Crippen molar-refractivity contribution < 1.29 is 0 Å². The van der Waals surface area contributed by atoms with Crippen LogP contribution in [0.1, 0.15) is 25.0 Å². The van der Waals surface area contributed by atoms with E-state index in [1.54, 1.807) is 0 Å². The molecule has 2 heteroatoms. The van der Waals surface area contributed by atoms with Crippen LogP contribution in [0.5, 0.6) is 0 Å². The second kappa shape index (κ2) is 14.2. The van der Waals surface area contributed by atoms with Crippen LogP contribution in [0, 0.1) is 0 Å². The fourth-order valence-corrected chi connectivity index (χ4v) is 8.89. The Morgan fingerprint density at radius 1 is 0.316 bits per heavy atom. The highest BCUT2D eigenvalue weighted by atomic mass is 15.2. The molecule has 10 rings (SSSR count). The highest BCUT2D eigenvalue weighted by Crippen LogP contribution is 2.51. The maximum atomic E-state index is 2.43. The average molecular weight is 731 g/mol. The molecule has 1 aliphatic rings. The first-order valence-electron chi connectivity index (χ1n) is 19.8. The van der Waals surface area contributed by atoms with Crippen molar-refractivity contribution >= 4 is 44.9 Å². The summed E-state index contributed by atoms with van der Waals surface area (Å²) in [6, 6.07) is 79.4. The van der Waals surface area contributed by atoms with E-state index < -0.39 is 0 Å². The number of para-hydroxylation sites is 3. The Bertz CT molecular complexity index is 2820. The summed E-state index contributed by atoms with van der Waals surface area (Å²) in [6.07, 6.45) is 0. The Balaban J connectivity index is 1.26. The maximum absolute atomic E-state index is 2.43. The predicted octanol–water partition coefficient (Wildman–Crippen LogP) is 15.4. The first-order chi connectivity index (χ1) is 28.0. The van der Waals surface area contributed by atoms with E-state index in [0.717, 1.165) is 39.7 Å². The maximum Gasteiger partial charge on any atom is 0.0488 e. The summed E-state index contributed by atoms with van der Waals surface area (Å²) >= 11 is 0. The van der Waals surface area contributed by atoms with Gasteiger partial charge in [-0.25, -0.2) is 0 Å². The van der Waals surface area contributed by atoms with Crippen LogP contribution in [-0.2, 0) is 5.41 Å². The first-order valence-corrected chi connectivity index (χ1v) is 19.8. The van der Waals surface area contributed by atoms with E-state index in [9.17, 15) is 0 Å². The van der Waals surface area contributed by atoms with E-state index in [1.165, 1.54) is 49.7 Å². The molecule has 0 bridgehead atoms. The van der Waals surface area contributed by atoms with Gasteiger partial charge in [0.1, 0.15) is 0 Å². The zero-order valence-corrected chi connectivity index (χ0v) is 32.2. The predicted molar refractivity (Wildman–Crippen MR) is 242 cm³/mol. The molecule has 0 saturated heterocycles. The largest absolute Gasteiger partial charge is 0.310 e. The molecule has 0 spiro atoms. The molecular formula is C55H42N2. The molecule has 0 N–H and O–H groups in total. The molecule has 0 heterocycles. The van der Waals surface area contributed by atoms with Gasteiger partial charge >= 0.3 is 0 Å². The molecule has 0 fully saturated rings. The van der Waals surface area contributed by atoms with Crippen molar-refractivity contribution in [1.82, 2.24) is 0 Å². The van der Waals surface area contributed by atoms with E-state index in [1.807, 2.05) is 0 Å². The fraction of sp³-hybridized carbons (Fsp3) is 0.0545. The molecule has 0 saturated carbocycles. The molecule has 0 atom stereocenters. The standard InChI is InChI=1S/C55H42N2/c1-55(2)52-30-18-17-29-50(52)51-34-32-45(38-53(51)55)57(44-26-13-6-14-27-44)47-36-41(35-46(37-47)56(42-22-9-4-10-23-42)43-24-11-5-12-25-43)49-33-31-39-19-15-16-28-48(39)54(49)40-20-7-3-8-21-40/h3-38H,1-2H3. The molecule has 272 valence electrons. The van der Waals surface area contributed by atoms with Crippen molar-refractivity contribution in [3.63, 3.8) is 0 Å². The van der Waals surface area contributed by atoms with E-state index in [4.69, 9.17) is 0 Å². The minimum Gasteiger partial charge on any atom is -0.310 e. The van der Waals surface area contributed by atoms with Crippen LogP contribution in [0.4, 0.5) is 34.1 Å². The number of hydrogen-bond acceptors (Lipinski definition) is 2. The van der Waals surface area contributed by atoms with Gasteiger partial charge in [0.05, 0.1) is 0 Å². The second-order valence-corrected chi connectivity index (χ2v) is 15.4.